The molecule has 0 radical (unpaired) electrons. The highest BCUT2D eigenvalue weighted by Crippen LogP contribution is 2.15. The summed E-state index contributed by atoms with van der Waals surface area (Å²) < 4.78 is 14.5. The first-order valence-electron chi connectivity index (χ1n) is 7.55. The highest BCUT2D eigenvalue weighted by Gasteiger charge is 2.08. The summed E-state index contributed by atoms with van der Waals surface area (Å²) in [6.07, 6.45) is 1.57. The molecule has 1 amide bonds. The molecule has 0 aliphatic carbocycles. The number of hydrogen-bond acceptors (Lipinski definition) is 3. The molecule has 0 bridgehead atoms. The highest BCUT2D eigenvalue weighted by molar-refractivity contribution is 5.91. The van der Waals surface area contributed by atoms with E-state index in [1.54, 1.807) is 25.1 Å². The van der Waals surface area contributed by atoms with Crippen molar-refractivity contribution in [3.05, 3.63) is 70.5 Å². The maximum Gasteiger partial charge on any atom is 0.261 e. The van der Waals surface area contributed by atoms with Gasteiger partial charge in [0.2, 0.25) is 5.91 Å². The van der Waals surface area contributed by atoms with Gasteiger partial charge < -0.3 is 5.32 Å². The molecular weight excluding hydrogens is 309 g/mol. The molecule has 0 unspecified atom stereocenters. The Hall–Kier alpha value is -3.02. The minimum atomic E-state index is -0.348. The predicted octanol–water partition coefficient (Wildman–Crippen LogP) is 2.87. The summed E-state index contributed by atoms with van der Waals surface area (Å²) in [6, 6.07) is 11.2. The first-order chi connectivity index (χ1) is 11.5. The molecule has 3 rings (SSSR count). The standard InChI is InChI=1S/C18H16FN3O2/c1-12-10-13(19)6-7-15(12)21-17(23)8-9-22-11-20-16-5-3-2-4-14(16)18(22)24/h2-7,10-11H,8-9H2,1H3,(H,21,23). The average molecular weight is 325 g/mol. The van der Waals surface area contributed by atoms with Crippen molar-refractivity contribution >= 4 is 22.5 Å². The van der Waals surface area contributed by atoms with Gasteiger partial charge in [0.15, 0.2) is 0 Å². The van der Waals surface area contributed by atoms with Crippen LogP contribution in [-0.2, 0) is 11.3 Å². The molecule has 5 nitrogen and oxygen atoms in total. The Morgan fingerprint density at radius 2 is 2.04 bits per heavy atom. The van der Waals surface area contributed by atoms with Crippen LogP contribution in [0.25, 0.3) is 10.9 Å². The number of nitrogens with one attached hydrogen (secondary N) is 1. The van der Waals surface area contributed by atoms with Gasteiger partial charge in [-0.2, -0.15) is 0 Å². The van der Waals surface area contributed by atoms with Crippen LogP contribution in [0.5, 0.6) is 0 Å². The molecule has 0 aliphatic heterocycles. The lowest BCUT2D eigenvalue weighted by Crippen LogP contribution is -2.23. The van der Waals surface area contributed by atoms with Gasteiger partial charge in [0.05, 0.1) is 17.2 Å². The molecule has 0 saturated carbocycles. The number of aryl methyl sites for hydroxylation is 2. The van der Waals surface area contributed by atoms with Crippen molar-refractivity contribution in [2.75, 3.05) is 5.32 Å². The van der Waals surface area contributed by atoms with Crippen molar-refractivity contribution in [1.82, 2.24) is 9.55 Å². The molecule has 1 N–H and O–H groups in total. The van der Waals surface area contributed by atoms with Crippen LogP contribution in [0.3, 0.4) is 0 Å². The minimum absolute atomic E-state index is 0.122. The molecule has 0 saturated heterocycles. The minimum Gasteiger partial charge on any atom is -0.326 e. The van der Waals surface area contributed by atoms with E-state index < -0.39 is 0 Å². The van der Waals surface area contributed by atoms with Crippen molar-refractivity contribution in [2.24, 2.45) is 0 Å². The smallest absolute Gasteiger partial charge is 0.261 e. The zero-order valence-corrected chi connectivity index (χ0v) is 13.1. The number of anilines is 1. The van der Waals surface area contributed by atoms with Gasteiger partial charge in [-0.05, 0) is 42.8 Å². The maximum atomic E-state index is 13.1. The van der Waals surface area contributed by atoms with Gasteiger partial charge in [0, 0.05) is 18.7 Å². The molecule has 1 aromatic heterocycles. The second-order valence-corrected chi connectivity index (χ2v) is 5.52. The first-order valence-corrected chi connectivity index (χ1v) is 7.55. The van der Waals surface area contributed by atoms with Gasteiger partial charge in [0.1, 0.15) is 5.82 Å². The highest BCUT2D eigenvalue weighted by atomic mass is 19.1. The molecule has 122 valence electrons. The van der Waals surface area contributed by atoms with Crippen LogP contribution in [0, 0.1) is 12.7 Å². The van der Waals surface area contributed by atoms with Crippen LogP contribution in [0.4, 0.5) is 10.1 Å². The molecule has 3 aromatic rings. The summed E-state index contributed by atoms with van der Waals surface area (Å²) in [6.45, 7) is 1.94. The van der Waals surface area contributed by atoms with Crippen LogP contribution in [0.15, 0.2) is 53.6 Å². The fourth-order valence-electron chi connectivity index (χ4n) is 2.47. The summed E-state index contributed by atoms with van der Waals surface area (Å²) in [4.78, 5) is 28.6. The van der Waals surface area contributed by atoms with Crippen molar-refractivity contribution < 1.29 is 9.18 Å². The second-order valence-electron chi connectivity index (χ2n) is 5.52. The fourth-order valence-corrected chi connectivity index (χ4v) is 2.47. The van der Waals surface area contributed by atoms with Gasteiger partial charge >= 0.3 is 0 Å². The third kappa shape index (κ3) is 3.32. The summed E-state index contributed by atoms with van der Waals surface area (Å²) in [5, 5.41) is 3.25. The Morgan fingerprint density at radius 1 is 1.25 bits per heavy atom. The number of benzene rings is 2. The molecule has 0 atom stereocenters. The number of fused-ring (bicyclic) bond motifs is 1. The zero-order valence-electron chi connectivity index (χ0n) is 13.1. The average Bonchev–Trinajstić information content (AvgIpc) is 2.57. The fraction of sp³-hybridized carbons (Fsp3) is 0.167. The van der Waals surface area contributed by atoms with Gasteiger partial charge in [-0.15, -0.1) is 0 Å². The van der Waals surface area contributed by atoms with Crippen molar-refractivity contribution in [2.45, 2.75) is 19.9 Å². The second kappa shape index (κ2) is 6.62. The molecule has 6 heteroatoms. The number of para-hydroxylation sites is 1. The molecule has 24 heavy (non-hydrogen) atoms. The normalized spacial score (nSPS) is 10.8. The molecule has 1 heterocycles. The third-order valence-electron chi connectivity index (χ3n) is 3.77. The summed E-state index contributed by atoms with van der Waals surface area (Å²) in [7, 11) is 0. The Labute approximate surface area is 137 Å². The lowest BCUT2D eigenvalue weighted by Gasteiger charge is -2.09. The predicted molar refractivity (Wildman–Crippen MR) is 90.4 cm³/mol. The van der Waals surface area contributed by atoms with E-state index in [0.717, 1.165) is 0 Å². The van der Waals surface area contributed by atoms with Crippen molar-refractivity contribution in [3.8, 4) is 0 Å². The van der Waals surface area contributed by atoms with Crippen molar-refractivity contribution in [1.29, 1.82) is 0 Å². The van der Waals surface area contributed by atoms with Crippen molar-refractivity contribution in [3.63, 3.8) is 0 Å². The number of nitrogens with zero attached hydrogens (tertiary/aromatic N) is 2. The van der Waals surface area contributed by atoms with Crippen LogP contribution < -0.4 is 10.9 Å². The van der Waals surface area contributed by atoms with Gasteiger partial charge in [0.25, 0.3) is 5.56 Å². The van der Waals surface area contributed by atoms with E-state index in [4.69, 9.17) is 0 Å². The molecule has 0 fully saturated rings. The van der Waals surface area contributed by atoms with E-state index >= 15 is 0 Å². The zero-order chi connectivity index (χ0) is 17.1. The van der Waals surface area contributed by atoms with E-state index in [2.05, 4.69) is 10.3 Å². The third-order valence-corrected chi connectivity index (χ3v) is 3.77. The Kier molecular flexibility index (Phi) is 4.37. The van der Waals surface area contributed by atoms with E-state index in [0.29, 0.717) is 22.2 Å². The maximum absolute atomic E-state index is 13.1. The molecule has 0 aliphatic rings. The van der Waals surface area contributed by atoms with E-state index in [1.807, 2.05) is 6.07 Å². The Morgan fingerprint density at radius 3 is 2.83 bits per heavy atom. The van der Waals surface area contributed by atoms with Gasteiger partial charge in [-0.25, -0.2) is 9.37 Å². The number of amides is 1. The van der Waals surface area contributed by atoms with E-state index in [-0.39, 0.29) is 30.2 Å². The lowest BCUT2D eigenvalue weighted by molar-refractivity contribution is -0.116. The Balaban J connectivity index is 1.70. The number of carbonyl (C=O) groups excluding carboxylic acids is 1. The molecule has 2 aromatic carbocycles. The van der Waals surface area contributed by atoms with Crippen LogP contribution >= 0.6 is 0 Å². The van der Waals surface area contributed by atoms with Crippen LogP contribution in [0.1, 0.15) is 12.0 Å². The van der Waals surface area contributed by atoms with Crippen LogP contribution in [-0.4, -0.2) is 15.5 Å². The number of halogens is 1. The van der Waals surface area contributed by atoms with Gasteiger partial charge in [-0.1, -0.05) is 12.1 Å². The monoisotopic (exact) mass is 325 g/mol. The summed E-state index contributed by atoms with van der Waals surface area (Å²) in [5.41, 5.74) is 1.66. The number of hydrogen-bond donors (Lipinski definition) is 1. The largest absolute Gasteiger partial charge is 0.326 e. The number of carbonyl (C=O) groups is 1. The number of rotatable bonds is 4. The Bertz CT molecular complexity index is 966. The quantitative estimate of drug-likeness (QED) is 0.802. The van der Waals surface area contributed by atoms with E-state index in [9.17, 15) is 14.0 Å². The summed E-state index contributed by atoms with van der Waals surface area (Å²) >= 11 is 0. The summed E-state index contributed by atoms with van der Waals surface area (Å²) in [5.74, 6) is -0.593. The van der Waals surface area contributed by atoms with Crippen LogP contribution in [0.2, 0.25) is 0 Å². The number of aromatic nitrogens is 2. The lowest BCUT2D eigenvalue weighted by atomic mass is 10.2. The molecule has 0 spiro atoms. The van der Waals surface area contributed by atoms with Gasteiger partial charge in [-0.3, -0.25) is 14.2 Å². The first kappa shape index (κ1) is 15.9. The molecular formula is C18H16FN3O2. The topological polar surface area (TPSA) is 64.0 Å². The SMILES string of the molecule is Cc1cc(F)ccc1NC(=O)CCn1cnc2ccccc2c1=O. The van der Waals surface area contributed by atoms with E-state index in [1.165, 1.54) is 29.1 Å².